The maximum Gasteiger partial charge on any atom is 0.255 e. The number of nitrogens with one attached hydrogen (secondary N) is 3. The quantitative estimate of drug-likeness (QED) is 0.599. The Hall–Kier alpha value is -3.38. The van der Waals surface area contributed by atoms with Gasteiger partial charge in [-0.25, -0.2) is 4.98 Å². The summed E-state index contributed by atoms with van der Waals surface area (Å²) < 4.78 is 0. The minimum Gasteiger partial charge on any atom is -0.340 e. The van der Waals surface area contributed by atoms with Gasteiger partial charge in [-0.2, -0.15) is 0 Å². The van der Waals surface area contributed by atoms with E-state index in [0.29, 0.717) is 27.8 Å². The van der Waals surface area contributed by atoms with Crippen LogP contribution in [0.3, 0.4) is 0 Å². The Bertz CT molecular complexity index is 974. The number of amides is 2. The van der Waals surface area contributed by atoms with Crippen LogP contribution in [0.25, 0.3) is 0 Å². The maximum atomic E-state index is 12.2. The highest BCUT2D eigenvalue weighted by Crippen LogP contribution is 2.20. The van der Waals surface area contributed by atoms with E-state index in [-0.39, 0.29) is 11.8 Å². The molecule has 2 amide bonds. The lowest BCUT2D eigenvalue weighted by atomic mass is 10.2. The van der Waals surface area contributed by atoms with E-state index in [4.69, 9.17) is 11.6 Å². The standard InChI is InChI=1S/C20H17ClN4O2/c1-13(26)23-16-6-3-7-17(11-16)24-19-9-8-18(12-22-19)25-20(27)14-4-2-5-15(21)10-14/h2-12H,1H3,(H,22,24)(H,23,26)(H,25,27). The zero-order valence-electron chi connectivity index (χ0n) is 14.5. The second kappa shape index (κ2) is 8.33. The Morgan fingerprint density at radius 3 is 2.37 bits per heavy atom. The minimum atomic E-state index is -0.261. The van der Waals surface area contributed by atoms with Crippen molar-refractivity contribution in [1.29, 1.82) is 0 Å². The first-order valence-electron chi connectivity index (χ1n) is 8.17. The van der Waals surface area contributed by atoms with Gasteiger partial charge < -0.3 is 16.0 Å². The largest absolute Gasteiger partial charge is 0.340 e. The summed E-state index contributed by atoms with van der Waals surface area (Å²) in [6.45, 7) is 1.46. The average Bonchev–Trinajstić information content (AvgIpc) is 2.63. The first-order valence-corrected chi connectivity index (χ1v) is 8.55. The highest BCUT2D eigenvalue weighted by molar-refractivity contribution is 6.31. The van der Waals surface area contributed by atoms with Crippen LogP contribution in [0.15, 0.2) is 66.9 Å². The number of aromatic nitrogens is 1. The van der Waals surface area contributed by atoms with Gasteiger partial charge in [0.05, 0.1) is 11.9 Å². The van der Waals surface area contributed by atoms with Crippen LogP contribution < -0.4 is 16.0 Å². The minimum absolute atomic E-state index is 0.134. The molecule has 1 heterocycles. The van der Waals surface area contributed by atoms with E-state index in [2.05, 4.69) is 20.9 Å². The van der Waals surface area contributed by atoms with E-state index in [1.165, 1.54) is 6.92 Å². The number of nitrogens with zero attached hydrogens (tertiary/aromatic N) is 1. The lowest BCUT2D eigenvalue weighted by molar-refractivity contribution is -0.114. The van der Waals surface area contributed by atoms with Gasteiger partial charge in [-0.15, -0.1) is 0 Å². The van der Waals surface area contributed by atoms with Crippen LogP contribution in [-0.4, -0.2) is 16.8 Å². The Morgan fingerprint density at radius 1 is 0.889 bits per heavy atom. The van der Waals surface area contributed by atoms with Crippen molar-refractivity contribution in [2.45, 2.75) is 6.92 Å². The molecule has 1 aromatic heterocycles. The molecule has 27 heavy (non-hydrogen) atoms. The van der Waals surface area contributed by atoms with Crippen molar-refractivity contribution in [2.24, 2.45) is 0 Å². The third-order valence-corrected chi connectivity index (χ3v) is 3.80. The molecule has 3 rings (SSSR count). The SMILES string of the molecule is CC(=O)Nc1cccc(Nc2ccc(NC(=O)c3cccc(Cl)c3)cn2)c1. The van der Waals surface area contributed by atoms with Crippen molar-refractivity contribution in [3.05, 3.63) is 77.4 Å². The topological polar surface area (TPSA) is 83.1 Å². The van der Waals surface area contributed by atoms with Gasteiger partial charge in [-0.05, 0) is 48.5 Å². The summed E-state index contributed by atoms with van der Waals surface area (Å²) in [5, 5.41) is 9.14. The van der Waals surface area contributed by atoms with Gasteiger partial charge in [0, 0.05) is 28.9 Å². The van der Waals surface area contributed by atoms with Crippen LogP contribution in [0.1, 0.15) is 17.3 Å². The third kappa shape index (κ3) is 5.29. The predicted octanol–water partition coefficient (Wildman–Crippen LogP) is 4.69. The lowest BCUT2D eigenvalue weighted by Gasteiger charge is -2.09. The van der Waals surface area contributed by atoms with Gasteiger partial charge in [0.25, 0.3) is 5.91 Å². The number of hydrogen-bond acceptors (Lipinski definition) is 4. The highest BCUT2D eigenvalue weighted by atomic mass is 35.5. The maximum absolute atomic E-state index is 12.2. The molecule has 0 atom stereocenters. The fraction of sp³-hybridized carbons (Fsp3) is 0.0500. The first-order chi connectivity index (χ1) is 13.0. The third-order valence-electron chi connectivity index (χ3n) is 3.56. The molecule has 0 fully saturated rings. The molecule has 0 unspecified atom stereocenters. The molecule has 7 heteroatoms. The summed E-state index contributed by atoms with van der Waals surface area (Å²) in [7, 11) is 0. The molecule has 6 nitrogen and oxygen atoms in total. The van der Waals surface area contributed by atoms with Gasteiger partial charge in [-0.3, -0.25) is 9.59 Å². The molecule has 0 saturated carbocycles. The van der Waals surface area contributed by atoms with Gasteiger partial charge >= 0.3 is 0 Å². The molecular formula is C20H17ClN4O2. The van der Waals surface area contributed by atoms with E-state index in [0.717, 1.165) is 5.69 Å². The van der Waals surface area contributed by atoms with Crippen molar-refractivity contribution in [3.63, 3.8) is 0 Å². The Kier molecular flexibility index (Phi) is 5.68. The number of carbonyl (C=O) groups excluding carboxylic acids is 2. The summed E-state index contributed by atoms with van der Waals surface area (Å²) >= 11 is 5.90. The summed E-state index contributed by atoms with van der Waals surface area (Å²) in [5.41, 5.74) is 2.51. The van der Waals surface area contributed by atoms with E-state index < -0.39 is 0 Å². The zero-order chi connectivity index (χ0) is 19.2. The van der Waals surface area contributed by atoms with Crippen LogP contribution in [-0.2, 0) is 4.79 Å². The Morgan fingerprint density at radius 2 is 1.67 bits per heavy atom. The number of benzene rings is 2. The highest BCUT2D eigenvalue weighted by Gasteiger charge is 2.07. The smallest absolute Gasteiger partial charge is 0.255 e. The van der Waals surface area contributed by atoms with Crippen molar-refractivity contribution < 1.29 is 9.59 Å². The van der Waals surface area contributed by atoms with Gasteiger partial charge in [0.15, 0.2) is 0 Å². The molecule has 0 aliphatic heterocycles. The van der Waals surface area contributed by atoms with Gasteiger partial charge in [0.2, 0.25) is 5.91 Å². The number of hydrogen-bond donors (Lipinski definition) is 3. The van der Waals surface area contributed by atoms with Crippen molar-refractivity contribution in [1.82, 2.24) is 4.98 Å². The van der Waals surface area contributed by atoms with Crippen LogP contribution in [0.4, 0.5) is 22.9 Å². The molecule has 0 bridgehead atoms. The molecule has 2 aromatic carbocycles. The summed E-state index contributed by atoms with van der Waals surface area (Å²) in [6, 6.07) is 17.5. The monoisotopic (exact) mass is 380 g/mol. The van der Waals surface area contributed by atoms with Crippen molar-refractivity contribution >= 4 is 46.3 Å². The van der Waals surface area contributed by atoms with Crippen LogP contribution >= 0.6 is 11.6 Å². The van der Waals surface area contributed by atoms with E-state index in [9.17, 15) is 9.59 Å². The second-order valence-electron chi connectivity index (χ2n) is 5.78. The molecule has 0 spiro atoms. The summed E-state index contributed by atoms with van der Waals surface area (Å²) in [4.78, 5) is 27.7. The number of pyridine rings is 1. The molecule has 0 aliphatic rings. The average molecular weight is 381 g/mol. The van der Waals surface area contributed by atoms with Crippen LogP contribution in [0, 0.1) is 0 Å². The van der Waals surface area contributed by atoms with Gasteiger partial charge in [-0.1, -0.05) is 23.7 Å². The predicted molar refractivity (Wildman–Crippen MR) is 108 cm³/mol. The fourth-order valence-electron chi connectivity index (χ4n) is 2.40. The fourth-order valence-corrected chi connectivity index (χ4v) is 2.59. The first kappa shape index (κ1) is 18.4. The lowest BCUT2D eigenvalue weighted by Crippen LogP contribution is -2.12. The second-order valence-corrected chi connectivity index (χ2v) is 6.22. The van der Waals surface area contributed by atoms with E-state index in [1.54, 1.807) is 54.7 Å². The Balaban J connectivity index is 1.65. The summed E-state index contributed by atoms with van der Waals surface area (Å²) in [5.74, 6) is 0.212. The van der Waals surface area contributed by atoms with E-state index >= 15 is 0 Å². The molecule has 3 aromatic rings. The molecule has 3 N–H and O–H groups in total. The zero-order valence-corrected chi connectivity index (χ0v) is 15.2. The molecule has 0 saturated heterocycles. The van der Waals surface area contributed by atoms with Gasteiger partial charge in [0.1, 0.15) is 5.82 Å². The number of halogens is 1. The molecule has 136 valence electrons. The molecular weight excluding hydrogens is 364 g/mol. The summed E-state index contributed by atoms with van der Waals surface area (Å²) in [6.07, 6.45) is 1.56. The number of anilines is 4. The number of carbonyl (C=O) groups is 2. The van der Waals surface area contributed by atoms with Crippen LogP contribution in [0.5, 0.6) is 0 Å². The number of rotatable bonds is 5. The normalized spacial score (nSPS) is 10.1. The molecule has 0 radical (unpaired) electrons. The van der Waals surface area contributed by atoms with Crippen molar-refractivity contribution in [2.75, 3.05) is 16.0 Å². The van der Waals surface area contributed by atoms with Crippen LogP contribution in [0.2, 0.25) is 5.02 Å². The Labute approximate surface area is 161 Å². The molecule has 0 aliphatic carbocycles. The van der Waals surface area contributed by atoms with E-state index in [1.807, 2.05) is 12.1 Å². The van der Waals surface area contributed by atoms with Crippen molar-refractivity contribution in [3.8, 4) is 0 Å².